The van der Waals surface area contributed by atoms with E-state index < -0.39 is 0 Å². The lowest BCUT2D eigenvalue weighted by molar-refractivity contribution is 0.179. The summed E-state index contributed by atoms with van der Waals surface area (Å²) in [5, 5.41) is 0. The maximum Gasteiger partial charge on any atom is 0.122 e. The first-order valence-corrected chi connectivity index (χ1v) is 7.28. The zero-order chi connectivity index (χ0) is 13.7. The summed E-state index contributed by atoms with van der Waals surface area (Å²) in [4.78, 5) is 0. The van der Waals surface area contributed by atoms with Crippen molar-refractivity contribution in [2.45, 2.75) is 45.1 Å². The van der Waals surface area contributed by atoms with Gasteiger partial charge in [-0.2, -0.15) is 0 Å². The molecule has 1 fully saturated rings. The van der Waals surface area contributed by atoms with Gasteiger partial charge >= 0.3 is 0 Å². The van der Waals surface area contributed by atoms with Crippen LogP contribution in [0.3, 0.4) is 0 Å². The van der Waals surface area contributed by atoms with Gasteiger partial charge in [0.25, 0.3) is 0 Å². The van der Waals surface area contributed by atoms with Gasteiger partial charge < -0.3 is 15.2 Å². The number of hydrogen-bond donors (Lipinski definition) is 1. The fraction of sp³-hybridized carbons (Fsp3) is 0.625. The average molecular weight is 263 g/mol. The molecule has 0 heterocycles. The van der Waals surface area contributed by atoms with Gasteiger partial charge in [0.15, 0.2) is 0 Å². The Morgan fingerprint density at radius 1 is 1.37 bits per heavy atom. The number of ether oxygens (including phenoxy) is 2. The zero-order valence-corrected chi connectivity index (χ0v) is 12.0. The lowest BCUT2D eigenvalue weighted by atomic mass is 9.86. The molecule has 1 aromatic carbocycles. The smallest absolute Gasteiger partial charge is 0.122 e. The third-order valence-corrected chi connectivity index (χ3v) is 3.97. The molecule has 0 bridgehead atoms. The molecule has 0 radical (unpaired) electrons. The molecule has 106 valence electrons. The highest BCUT2D eigenvalue weighted by Gasteiger charge is 2.19. The van der Waals surface area contributed by atoms with Crippen LogP contribution < -0.4 is 15.2 Å². The summed E-state index contributed by atoms with van der Waals surface area (Å²) in [6, 6.07) is 6.19. The van der Waals surface area contributed by atoms with Crippen molar-refractivity contribution < 1.29 is 9.47 Å². The van der Waals surface area contributed by atoms with E-state index in [1.54, 1.807) is 7.11 Å². The highest BCUT2D eigenvalue weighted by Crippen LogP contribution is 2.30. The Morgan fingerprint density at radius 3 is 2.74 bits per heavy atom. The summed E-state index contributed by atoms with van der Waals surface area (Å²) in [5.41, 5.74) is 7.22. The van der Waals surface area contributed by atoms with Gasteiger partial charge in [-0.15, -0.1) is 0 Å². The molecule has 19 heavy (non-hydrogen) atoms. The SMILES string of the molecule is CCC(N)Cc1cc(OC)ccc1OCC1CCC1. The summed E-state index contributed by atoms with van der Waals surface area (Å²) < 4.78 is 11.3. The molecule has 1 saturated carbocycles. The summed E-state index contributed by atoms with van der Waals surface area (Å²) >= 11 is 0. The largest absolute Gasteiger partial charge is 0.497 e. The van der Waals surface area contributed by atoms with E-state index in [2.05, 4.69) is 6.92 Å². The van der Waals surface area contributed by atoms with E-state index in [4.69, 9.17) is 15.2 Å². The Balaban J connectivity index is 2.05. The Morgan fingerprint density at radius 2 is 2.16 bits per heavy atom. The molecule has 1 unspecified atom stereocenters. The van der Waals surface area contributed by atoms with Crippen molar-refractivity contribution in [1.29, 1.82) is 0 Å². The number of nitrogens with two attached hydrogens (primary N) is 1. The van der Waals surface area contributed by atoms with Crippen molar-refractivity contribution >= 4 is 0 Å². The molecule has 0 saturated heterocycles. The lowest BCUT2D eigenvalue weighted by Crippen LogP contribution is -2.23. The Kier molecular flexibility index (Phi) is 5.08. The standard InChI is InChI=1S/C16H25NO2/c1-3-14(17)9-13-10-15(18-2)7-8-16(13)19-11-12-5-4-6-12/h7-8,10,12,14H,3-6,9,11,17H2,1-2H3. The second-order valence-electron chi connectivity index (χ2n) is 5.45. The van der Waals surface area contributed by atoms with Crippen molar-refractivity contribution in [3.63, 3.8) is 0 Å². The molecule has 1 aromatic rings. The molecule has 3 heteroatoms. The van der Waals surface area contributed by atoms with Crippen LogP contribution in [0.2, 0.25) is 0 Å². The van der Waals surface area contributed by atoms with Crippen molar-refractivity contribution in [2.75, 3.05) is 13.7 Å². The summed E-state index contributed by atoms with van der Waals surface area (Å²) in [5.74, 6) is 2.58. The predicted molar refractivity (Wildman–Crippen MR) is 77.8 cm³/mol. The maximum atomic E-state index is 6.06. The molecule has 1 aliphatic rings. The zero-order valence-electron chi connectivity index (χ0n) is 12.0. The first-order chi connectivity index (χ1) is 9.22. The molecular formula is C16H25NO2. The lowest BCUT2D eigenvalue weighted by Gasteiger charge is -2.26. The molecule has 0 aromatic heterocycles. The van der Waals surface area contributed by atoms with Gasteiger partial charge in [-0.05, 0) is 55.4 Å². The Labute approximate surface area is 116 Å². The van der Waals surface area contributed by atoms with Crippen LogP contribution in [0.5, 0.6) is 11.5 Å². The first kappa shape index (κ1) is 14.2. The van der Waals surface area contributed by atoms with Gasteiger partial charge in [-0.25, -0.2) is 0 Å². The van der Waals surface area contributed by atoms with E-state index in [-0.39, 0.29) is 6.04 Å². The van der Waals surface area contributed by atoms with Gasteiger partial charge in [0.1, 0.15) is 11.5 Å². The minimum Gasteiger partial charge on any atom is -0.497 e. The first-order valence-electron chi connectivity index (χ1n) is 7.28. The van der Waals surface area contributed by atoms with Crippen LogP contribution in [0.4, 0.5) is 0 Å². The van der Waals surface area contributed by atoms with E-state index in [1.807, 2.05) is 18.2 Å². The number of methoxy groups -OCH3 is 1. The highest BCUT2D eigenvalue weighted by molar-refractivity contribution is 5.40. The fourth-order valence-corrected chi connectivity index (χ4v) is 2.28. The molecule has 2 N–H and O–H groups in total. The van der Waals surface area contributed by atoms with Crippen LogP contribution in [-0.2, 0) is 6.42 Å². The number of benzene rings is 1. The summed E-state index contributed by atoms with van der Waals surface area (Å²) in [6.07, 6.45) is 5.77. The fourth-order valence-electron chi connectivity index (χ4n) is 2.28. The Hall–Kier alpha value is -1.22. The third kappa shape index (κ3) is 3.87. The monoisotopic (exact) mass is 263 g/mol. The molecule has 0 aliphatic heterocycles. The van der Waals surface area contributed by atoms with Gasteiger partial charge in [-0.1, -0.05) is 13.3 Å². The normalized spacial score (nSPS) is 16.8. The van der Waals surface area contributed by atoms with Crippen LogP contribution in [-0.4, -0.2) is 19.8 Å². The molecule has 0 amide bonds. The predicted octanol–water partition coefficient (Wildman–Crippen LogP) is 3.15. The molecule has 3 nitrogen and oxygen atoms in total. The third-order valence-electron chi connectivity index (χ3n) is 3.97. The minimum atomic E-state index is 0.179. The van der Waals surface area contributed by atoms with Crippen molar-refractivity contribution in [3.05, 3.63) is 23.8 Å². The van der Waals surface area contributed by atoms with Gasteiger partial charge in [0, 0.05) is 6.04 Å². The van der Waals surface area contributed by atoms with Crippen molar-refractivity contribution in [3.8, 4) is 11.5 Å². The Bertz CT molecular complexity index is 402. The van der Waals surface area contributed by atoms with Gasteiger partial charge in [0.05, 0.1) is 13.7 Å². The van der Waals surface area contributed by atoms with E-state index in [9.17, 15) is 0 Å². The highest BCUT2D eigenvalue weighted by atomic mass is 16.5. The van der Waals surface area contributed by atoms with Crippen LogP contribution in [0.25, 0.3) is 0 Å². The quantitative estimate of drug-likeness (QED) is 0.822. The van der Waals surface area contributed by atoms with Crippen LogP contribution in [0.15, 0.2) is 18.2 Å². The molecule has 1 aliphatic carbocycles. The molecular weight excluding hydrogens is 238 g/mol. The second-order valence-corrected chi connectivity index (χ2v) is 5.45. The van der Waals surface area contributed by atoms with E-state index in [0.717, 1.165) is 42.4 Å². The molecule has 2 rings (SSSR count). The van der Waals surface area contributed by atoms with Gasteiger partial charge in [0.2, 0.25) is 0 Å². The van der Waals surface area contributed by atoms with E-state index >= 15 is 0 Å². The maximum absolute atomic E-state index is 6.06. The van der Waals surface area contributed by atoms with Crippen LogP contribution in [0, 0.1) is 5.92 Å². The summed E-state index contributed by atoms with van der Waals surface area (Å²) in [7, 11) is 1.69. The number of hydrogen-bond acceptors (Lipinski definition) is 3. The van der Waals surface area contributed by atoms with Crippen LogP contribution in [0.1, 0.15) is 38.2 Å². The van der Waals surface area contributed by atoms with Crippen LogP contribution >= 0.6 is 0 Å². The molecule has 1 atom stereocenters. The summed E-state index contributed by atoms with van der Waals surface area (Å²) in [6.45, 7) is 2.94. The number of rotatable bonds is 7. The van der Waals surface area contributed by atoms with Crippen molar-refractivity contribution in [2.24, 2.45) is 11.7 Å². The van der Waals surface area contributed by atoms with E-state index in [0.29, 0.717) is 0 Å². The average Bonchev–Trinajstić information content (AvgIpc) is 2.38. The minimum absolute atomic E-state index is 0.179. The van der Waals surface area contributed by atoms with Crippen molar-refractivity contribution in [1.82, 2.24) is 0 Å². The second kappa shape index (κ2) is 6.80. The van der Waals surface area contributed by atoms with Gasteiger partial charge in [-0.3, -0.25) is 0 Å². The molecule has 0 spiro atoms. The van der Waals surface area contributed by atoms with E-state index in [1.165, 1.54) is 19.3 Å². The topological polar surface area (TPSA) is 44.5 Å².